The average Bonchev–Trinajstić information content (AvgIpc) is 2.65. The van der Waals surface area contributed by atoms with E-state index in [-0.39, 0.29) is 12.5 Å². The molecule has 0 heterocycles. The predicted octanol–water partition coefficient (Wildman–Crippen LogP) is 2.80. The van der Waals surface area contributed by atoms with E-state index < -0.39 is 0 Å². The first-order valence-electron chi connectivity index (χ1n) is 8.00. The molecule has 25 heavy (non-hydrogen) atoms. The zero-order valence-corrected chi connectivity index (χ0v) is 14.7. The summed E-state index contributed by atoms with van der Waals surface area (Å²) in [7, 11) is 3.18. The quantitative estimate of drug-likeness (QED) is 0.757. The maximum atomic E-state index is 12.1. The topological polar surface area (TPSA) is 66.0 Å². The van der Waals surface area contributed by atoms with Crippen molar-refractivity contribution in [2.24, 2.45) is 0 Å². The molecule has 2 aromatic rings. The molecule has 6 nitrogen and oxygen atoms in total. The van der Waals surface area contributed by atoms with Crippen molar-refractivity contribution in [1.82, 2.24) is 5.32 Å². The molecule has 0 aliphatic rings. The van der Waals surface area contributed by atoms with Gasteiger partial charge in [-0.05, 0) is 37.3 Å². The van der Waals surface area contributed by atoms with E-state index in [1.807, 2.05) is 25.1 Å². The van der Waals surface area contributed by atoms with Crippen molar-refractivity contribution in [3.8, 4) is 23.0 Å². The molecular weight excluding hydrogens is 322 g/mol. The molecule has 1 N–H and O–H groups in total. The molecule has 0 aliphatic carbocycles. The Morgan fingerprint density at radius 3 is 2.32 bits per heavy atom. The Hall–Kier alpha value is -2.89. The van der Waals surface area contributed by atoms with Crippen LogP contribution >= 0.6 is 0 Å². The van der Waals surface area contributed by atoms with Crippen molar-refractivity contribution in [3.63, 3.8) is 0 Å². The Morgan fingerprint density at radius 2 is 1.68 bits per heavy atom. The Bertz CT molecular complexity index is 702. The molecule has 0 spiro atoms. The van der Waals surface area contributed by atoms with Crippen LogP contribution in [0.25, 0.3) is 0 Å². The molecule has 6 heteroatoms. The Morgan fingerprint density at radius 1 is 0.960 bits per heavy atom. The molecule has 0 atom stereocenters. The minimum Gasteiger partial charge on any atom is -0.497 e. The molecule has 1 amide bonds. The van der Waals surface area contributed by atoms with E-state index in [0.29, 0.717) is 36.1 Å². The van der Waals surface area contributed by atoms with E-state index in [9.17, 15) is 4.79 Å². The lowest BCUT2D eigenvalue weighted by molar-refractivity contribution is -0.123. The van der Waals surface area contributed by atoms with Crippen molar-refractivity contribution in [3.05, 3.63) is 48.0 Å². The van der Waals surface area contributed by atoms with Crippen molar-refractivity contribution in [2.45, 2.75) is 13.5 Å². The number of hydrogen-bond acceptors (Lipinski definition) is 5. The van der Waals surface area contributed by atoms with Crippen LogP contribution in [0.15, 0.2) is 42.5 Å². The lowest BCUT2D eigenvalue weighted by Gasteiger charge is -2.13. The van der Waals surface area contributed by atoms with Crippen LogP contribution in [-0.2, 0) is 11.3 Å². The Labute approximate surface area is 147 Å². The summed E-state index contributed by atoms with van der Waals surface area (Å²) in [5, 5.41) is 2.81. The van der Waals surface area contributed by atoms with Crippen molar-refractivity contribution in [1.29, 1.82) is 0 Å². The number of methoxy groups -OCH3 is 2. The third-order valence-corrected chi connectivity index (χ3v) is 3.47. The predicted molar refractivity (Wildman–Crippen MR) is 94.5 cm³/mol. The molecule has 0 aliphatic heterocycles. The van der Waals surface area contributed by atoms with Crippen LogP contribution < -0.4 is 24.3 Å². The number of carbonyl (C=O) groups excluding carboxylic acids is 1. The van der Waals surface area contributed by atoms with Crippen LogP contribution in [0.3, 0.4) is 0 Å². The average molecular weight is 345 g/mol. The zero-order chi connectivity index (χ0) is 18.1. The summed E-state index contributed by atoms with van der Waals surface area (Å²) in [6.45, 7) is 2.64. The second kappa shape index (κ2) is 9.42. The van der Waals surface area contributed by atoms with Gasteiger partial charge >= 0.3 is 0 Å². The third-order valence-electron chi connectivity index (χ3n) is 3.47. The highest BCUT2D eigenvalue weighted by Crippen LogP contribution is 2.26. The zero-order valence-electron chi connectivity index (χ0n) is 14.7. The standard InChI is InChI=1S/C19H23NO5/c1-4-24-17-7-5-6-8-18(17)25-13-19(21)20-12-14-11-15(22-2)9-10-16(14)23-3/h5-11H,4,12-13H2,1-3H3,(H,20,21). The summed E-state index contributed by atoms with van der Waals surface area (Å²) in [5.41, 5.74) is 0.824. The van der Waals surface area contributed by atoms with Gasteiger partial charge in [-0.1, -0.05) is 12.1 Å². The first-order valence-corrected chi connectivity index (χ1v) is 8.00. The summed E-state index contributed by atoms with van der Waals surface area (Å²) in [6.07, 6.45) is 0. The maximum absolute atomic E-state index is 12.1. The molecule has 0 saturated carbocycles. The normalized spacial score (nSPS) is 10.0. The van der Waals surface area contributed by atoms with Crippen LogP contribution in [0, 0.1) is 0 Å². The van der Waals surface area contributed by atoms with Gasteiger partial charge in [0.1, 0.15) is 11.5 Å². The molecule has 0 radical (unpaired) electrons. The number of ether oxygens (including phenoxy) is 4. The van der Waals surface area contributed by atoms with Crippen LogP contribution in [-0.4, -0.2) is 33.3 Å². The molecule has 134 valence electrons. The minimum absolute atomic E-state index is 0.101. The highest BCUT2D eigenvalue weighted by molar-refractivity contribution is 5.77. The van der Waals surface area contributed by atoms with Gasteiger partial charge in [-0.2, -0.15) is 0 Å². The van der Waals surface area contributed by atoms with Crippen LogP contribution in [0.2, 0.25) is 0 Å². The number of hydrogen-bond donors (Lipinski definition) is 1. The van der Waals surface area contributed by atoms with Gasteiger partial charge in [0, 0.05) is 12.1 Å². The molecule has 2 rings (SSSR count). The lowest BCUT2D eigenvalue weighted by Crippen LogP contribution is -2.28. The number of para-hydroxylation sites is 2. The van der Waals surface area contributed by atoms with E-state index in [0.717, 1.165) is 5.56 Å². The molecule has 0 unspecified atom stereocenters. The second-order valence-corrected chi connectivity index (χ2v) is 5.12. The van der Waals surface area contributed by atoms with Gasteiger partial charge in [0.25, 0.3) is 5.91 Å². The Kier molecular flexibility index (Phi) is 6.95. The summed E-state index contributed by atoms with van der Waals surface area (Å²) in [6, 6.07) is 12.7. The molecule has 0 fully saturated rings. The minimum atomic E-state index is -0.240. The maximum Gasteiger partial charge on any atom is 0.258 e. The van der Waals surface area contributed by atoms with E-state index in [4.69, 9.17) is 18.9 Å². The first-order chi connectivity index (χ1) is 12.2. The van der Waals surface area contributed by atoms with Gasteiger partial charge in [-0.15, -0.1) is 0 Å². The fraction of sp³-hybridized carbons (Fsp3) is 0.316. The van der Waals surface area contributed by atoms with Crippen molar-refractivity contribution >= 4 is 5.91 Å². The SMILES string of the molecule is CCOc1ccccc1OCC(=O)NCc1cc(OC)ccc1OC. The first kappa shape index (κ1) is 18.4. The van der Waals surface area contributed by atoms with Crippen LogP contribution in [0.5, 0.6) is 23.0 Å². The number of carbonyl (C=O) groups is 1. The fourth-order valence-electron chi connectivity index (χ4n) is 2.25. The lowest BCUT2D eigenvalue weighted by atomic mass is 10.2. The molecular formula is C19H23NO5. The van der Waals surface area contributed by atoms with Crippen molar-refractivity contribution in [2.75, 3.05) is 27.4 Å². The number of benzene rings is 2. The van der Waals surface area contributed by atoms with E-state index in [1.54, 1.807) is 38.5 Å². The monoisotopic (exact) mass is 345 g/mol. The van der Waals surface area contributed by atoms with Gasteiger partial charge in [-0.25, -0.2) is 0 Å². The number of amides is 1. The highest BCUT2D eigenvalue weighted by Gasteiger charge is 2.10. The summed E-state index contributed by atoms with van der Waals surface area (Å²) < 4.78 is 21.5. The Balaban J connectivity index is 1.91. The van der Waals surface area contributed by atoms with E-state index in [1.165, 1.54) is 0 Å². The van der Waals surface area contributed by atoms with Crippen LogP contribution in [0.1, 0.15) is 12.5 Å². The molecule has 2 aromatic carbocycles. The molecule has 0 aromatic heterocycles. The van der Waals surface area contributed by atoms with Gasteiger partial charge < -0.3 is 24.3 Å². The van der Waals surface area contributed by atoms with E-state index in [2.05, 4.69) is 5.32 Å². The highest BCUT2D eigenvalue weighted by atomic mass is 16.5. The van der Waals surface area contributed by atoms with Gasteiger partial charge in [0.2, 0.25) is 0 Å². The third kappa shape index (κ3) is 5.31. The van der Waals surface area contributed by atoms with Gasteiger partial charge in [0.05, 0.1) is 20.8 Å². The van der Waals surface area contributed by atoms with Gasteiger partial charge in [-0.3, -0.25) is 4.79 Å². The van der Waals surface area contributed by atoms with E-state index >= 15 is 0 Å². The summed E-state index contributed by atoms with van der Waals surface area (Å²) >= 11 is 0. The van der Waals surface area contributed by atoms with Crippen LogP contribution in [0.4, 0.5) is 0 Å². The van der Waals surface area contributed by atoms with Gasteiger partial charge in [0.15, 0.2) is 18.1 Å². The fourth-order valence-corrected chi connectivity index (χ4v) is 2.25. The van der Waals surface area contributed by atoms with Crippen molar-refractivity contribution < 1.29 is 23.7 Å². The summed E-state index contributed by atoms with van der Waals surface area (Å²) in [5.74, 6) is 2.30. The number of rotatable bonds is 9. The number of nitrogens with one attached hydrogen (secondary N) is 1. The molecule has 0 saturated heterocycles. The largest absolute Gasteiger partial charge is 0.497 e. The smallest absolute Gasteiger partial charge is 0.258 e. The molecule has 0 bridgehead atoms. The summed E-state index contributed by atoms with van der Waals surface area (Å²) in [4.78, 5) is 12.1. The second-order valence-electron chi connectivity index (χ2n) is 5.12.